The highest BCUT2D eigenvalue weighted by Crippen LogP contribution is 2.29. The van der Waals surface area contributed by atoms with Gasteiger partial charge in [0.2, 0.25) is 5.89 Å². The summed E-state index contributed by atoms with van der Waals surface area (Å²) >= 11 is 1.30. The number of carbonyl (C=O) groups is 2. The average molecular weight is 459 g/mol. The Bertz CT molecular complexity index is 1460. The summed E-state index contributed by atoms with van der Waals surface area (Å²) < 4.78 is 17.1. The molecule has 2 heterocycles. The van der Waals surface area contributed by atoms with E-state index in [1.54, 1.807) is 43.5 Å². The zero-order valence-electron chi connectivity index (χ0n) is 17.4. The van der Waals surface area contributed by atoms with Crippen molar-refractivity contribution in [3.8, 4) is 17.2 Å². The highest BCUT2D eigenvalue weighted by atomic mass is 32.1. The van der Waals surface area contributed by atoms with Crippen LogP contribution in [0.25, 0.3) is 32.8 Å². The maximum atomic E-state index is 12.7. The van der Waals surface area contributed by atoms with Gasteiger partial charge in [-0.25, -0.2) is 14.8 Å². The third kappa shape index (κ3) is 4.26. The van der Waals surface area contributed by atoms with E-state index in [9.17, 15) is 9.59 Å². The lowest BCUT2D eigenvalue weighted by Crippen LogP contribution is -2.21. The topological polar surface area (TPSA) is 104 Å². The van der Waals surface area contributed by atoms with Crippen LogP contribution in [0.2, 0.25) is 0 Å². The summed E-state index contributed by atoms with van der Waals surface area (Å²) in [6, 6.07) is 19.6. The van der Waals surface area contributed by atoms with E-state index in [0.29, 0.717) is 33.4 Å². The zero-order valence-corrected chi connectivity index (χ0v) is 18.2. The standard InChI is InChI=1S/C24H17N3O5S/c1-30-14-10-11-18-20(12-14)33-24(26-18)27-21(28)13-31-23(29)16-7-3-2-6-15(16)22-25-17-8-4-5-9-19(17)32-22/h2-12H,13H2,1H3,(H,26,27,28). The number of carbonyl (C=O) groups excluding carboxylic acids is 2. The fourth-order valence-electron chi connectivity index (χ4n) is 3.28. The molecule has 5 rings (SSSR count). The molecule has 1 amide bonds. The predicted octanol–water partition coefficient (Wildman–Crippen LogP) is 4.91. The van der Waals surface area contributed by atoms with Crippen molar-refractivity contribution < 1.29 is 23.5 Å². The second-order valence-corrected chi connectivity index (χ2v) is 8.04. The van der Waals surface area contributed by atoms with Crippen LogP contribution in [0, 0.1) is 0 Å². The van der Waals surface area contributed by atoms with Gasteiger partial charge >= 0.3 is 5.97 Å². The fraction of sp³-hybridized carbons (Fsp3) is 0.0833. The lowest BCUT2D eigenvalue weighted by molar-refractivity contribution is -0.119. The van der Waals surface area contributed by atoms with Crippen LogP contribution in [0.15, 0.2) is 71.1 Å². The number of thiazole rings is 1. The molecule has 0 atom stereocenters. The lowest BCUT2D eigenvalue weighted by atomic mass is 10.1. The highest BCUT2D eigenvalue weighted by molar-refractivity contribution is 7.22. The van der Waals surface area contributed by atoms with E-state index in [-0.39, 0.29) is 5.56 Å². The minimum atomic E-state index is -0.656. The van der Waals surface area contributed by atoms with Crippen LogP contribution in [-0.2, 0) is 9.53 Å². The molecule has 0 saturated heterocycles. The van der Waals surface area contributed by atoms with Crippen LogP contribution in [0.4, 0.5) is 5.13 Å². The summed E-state index contributed by atoms with van der Waals surface area (Å²) in [7, 11) is 1.58. The number of hydrogen-bond acceptors (Lipinski definition) is 8. The first-order valence-corrected chi connectivity index (χ1v) is 10.8. The number of hydrogen-bond donors (Lipinski definition) is 1. The van der Waals surface area contributed by atoms with Crippen molar-refractivity contribution in [2.45, 2.75) is 0 Å². The van der Waals surface area contributed by atoms with Gasteiger partial charge in [0.05, 0.1) is 28.5 Å². The Kier molecular flexibility index (Phi) is 5.45. The van der Waals surface area contributed by atoms with Gasteiger partial charge in [0, 0.05) is 0 Å². The number of aromatic nitrogens is 2. The van der Waals surface area contributed by atoms with Gasteiger partial charge in [-0.15, -0.1) is 0 Å². The number of ether oxygens (including phenoxy) is 2. The lowest BCUT2D eigenvalue weighted by Gasteiger charge is -2.07. The van der Waals surface area contributed by atoms with Gasteiger partial charge in [0.25, 0.3) is 5.91 Å². The molecule has 5 aromatic rings. The number of nitrogens with zero attached hydrogens (tertiary/aromatic N) is 2. The van der Waals surface area contributed by atoms with Crippen LogP contribution in [0.5, 0.6) is 5.75 Å². The fourth-order valence-corrected chi connectivity index (χ4v) is 4.20. The van der Waals surface area contributed by atoms with Crippen molar-refractivity contribution in [2.24, 2.45) is 0 Å². The highest BCUT2D eigenvalue weighted by Gasteiger charge is 2.19. The smallest absolute Gasteiger partial charge is 0.339 e. The quantitative estimate of drug-likeness (QED) is 0.360. The molecule has 0 saturated carbocycles. The molecule has 0 aliphatic carbocycles. The van der Waals surface area contributed by atoms with E-state index in [0.717, 1.165) is 10.2 Å². The van der Waals surface area contributed by atoms with E-state index in [1.165, 1.54) is 11.3 Å². The molecule has 0 unspecified atom stereocenters. The molecule has 0 radical (unpaired) electrons. The van der Waals surface area contributed by atoms with Gasteiger partial charge in [-0.1, -0.05) is 35.6 Å². The van der Waals surface area contributed by atoms with Gasteiger partial charge in [0.15, 0.2) is 17.3 Å². The molecule has 164 valence electrons. The number of methoxy groups -OCH3 is 1. The van der Waals surface area contributed by atoms with Crippen molar-refractivity contribution >= 4 is 49.7 Å². The monoisotopic (exact) mass is 459 g/mol. The normalized spacial score (nSPS) is 10.9. The third-order valence-corrected chi connectivity index (χ3v) is 5.78. The summed E-state index contributed by atoms with van der Waals surface area (Å²) in [5, 5.41) is 3.07. The minimum Gasteiger partial charge on any atom is -0.497 e. The number of nitrogens with one attached hydrogen (secondary N) is 1. The van der Waals surface area contributed by atoms with Crippen molar-refractivity contribution in [3.05, 3.63) is 72.3 Å². The van der Waals surface area contributed by atoms with E-state index < -0.39 is 18.5 Å². The second kappa shape index (κ2) is 8.71. The Morgan fingerprint density at radius 1 is 1.00 bits per heavy atom. The molecule has 0 bridgehead atoms. The molecule has 1 N–H and O–H groups in total. The molecule has 3 aromatic carbocycles. The molecular weight excluding hydrogens is 442 g/mol. The van der Waals surface area contributed by atoms with Gasteiger partial charge in [-0.3, -0.25) is 10.1 Å². The number of rotatable bonds is 6. The molecule has 0 fully saturated rings. The predicted molar refractivity (Wildman–Crippen MR) is 125 cm³/mol. The van der Waals surface area contributed by atoms with Crippen LogP contribution in [0.1, 0.15) is 10.4 Å². The number of esters is 1. The second-order valence-electron chi connectivity index (χ2n) is 7.01. The maximum absolute atomic E-state index is 12.7. The Morgan fingerprint density at radius 2 is 1.82 bits per heavy atom. The SMILES string of the molecule is COc1ccc2nc(NC(=O)COC(=O)c3ccccc3-c3nc4ccccc4o3)sc2c1. The number of fused-ring (bicyclic) bond motifs is 2. The van der Waals surface area contributed by atoms with Gasteiger partial charge in [-0.2, -0.15) is 0 Å². The van der Waals surface area contributed by atoms with E-state index in [2.05, 4.69) is 15.3 Å². The summed E-state index contributed by atoms with van der Waals surface area (Å²) in [6.45, 7) is -0.458. The van der Waals surface area contributed by atoms with E-state index in [4.69, 9.17) is 13.9 Å². The zero-order chi connectivity index (χ0) is 22.8. The molecule has 33 heavy (non-hydrogen) atoms. The van der Waals surface area contributed by atoms with E-state index >= 15 is 0 Å². The number of benzene rings is 3. The first kappa shape index (κ1) is 20.7. The van der Waals surface area contributed by atoms with Crippen LogP contribution < -0.4 is 10.1 Å². The Hall–Kier alpha value is -4.24. The van der Waals surface area contributed by atoms with Crippen molar-refractivity contribution in [3.63, 3.8) is 0 Å². The number of para-hydroxylation sites is 2. The Balaban J connectivity index is 1.28. The largest absolute Gasteiger partial charge is 0.497 e. The molecule has 0 aliphatic heterocycles. The number of amides is 1. The molecule has 0 spiro atoms. The van der Waals surface area contributed by atoms with Crippen LogP contribution in [-0.4, -0.2) is 35.6 Å². The Morgan fingerprint density at radius 3 is 2.67 bits per heavy atom. The Labute approximate surface area is 191 Å². The number of anilines is 1. The minimum absolute atomic E-state index is 0.254. The van der Waals surface area contributed by atoms with Gasteiger partial charge < -0.3 is 13.9 Å². The third-order valence-electron chi connectivity index (χ3n) is 4.85. The van der Waals surface area contributed by atoms with Crippen LogP contribution >= 0.6 is 11.3 Å². The van der Waals surface area contributed by atoms with Crippen LogP contribution in [0.3, 0.4) is 0 Å². The summed E-state index contributed by atoms with van der Waals surface area (Å²) in [5.41, 5.74) is 2.77. The molecule has 0 aliphatic rings. The first-order chi connectivity index (χ1) is 16.1. The average Bonchev–Trinajstić information content (AvgIpc) is 3.45. The summed E-state index contributed by atoms with van der Waals surface area (Å²) in [6.07, 6.45) is 0. The van der Waals surface area contributed by atoms with Crippen molar-refractivity contribution in [2.75, 3.05) is 19.0 Å². The first-order valence-electron chi connectivity index (χ1n) is 9.97. The van der Waals surface area contributed by atoms with E-state index in [1.807, 2.05) is 30.3 Å². The van der Waals surface area contributed by atoms with Gasteiger partial charge in [-0.05, 0) is 42.5 Å². The molecule has 9 heteroatoms. The van der Waals surface area contributed by atoms with Crippen molar-refractivity contribution in [1.82, 2.24) is 9.97 Å². The van der Waals surface area contributed by atoms with Gasteiger partial charge in [0.1, 0.15) is 11.3 Å². The molecular formula is C24H17N3O5S. The summed E-state index contributed by atoms with van der Waals surface area (Å²) in [4.78, 5) is 33.9. The maximum Gasteiger partial charge on any atom is 0.339 e. The summed E-state index contributed by atoms with van der Waals surface area (Å²) in [5.74, 6) is -0.139. The number of oxazole rings is 1. The molecule has 2 aromatic heterocycles. The van der Waals surface area contributed by atoms with Crippen molar-refractivity contribution in [1.29, 1.82) is 0 Å². The molecule has 8 nitrogen and oxygen atoms in total.